The van der Waals surface area contributed by atoms with Crippen molar-refractivity contribution in [1.29, 1.82) is 0 Å². The number of thiophene rings is 1. The Labute approximate surface area is 176 Å². The third-order valence-electron chi connectivity index (χ3n) is 4.57. The van der Waals surface area contributed by atoms with Crippen LogP contribution in [0.2, 0.25) is 0 Å². The van der Waals surface area contributed by atoms with E-state index in [4.69, 9.17) is 18.0 Å². The lowest BCUT2D eigenvalue weighted by Gasteiger charge is -2.29. The molecule has 0 bridgehead atoms. The lowest BCUT2D eigenvalue weighted by atomic mass is 10.0. The Bertz CT molecular complexity index is 1060. The van der Waals surface area contributed by atoms with E-state index in [9.17, 15) is 9.59 Å². The SMILES string of the molecule is NC(=O)c1c(NC(=O)c2ccc[nH]2)sc2c1CCN(C(=S)Nc1cccnc1)C2. The van der Waals surface area contributed by atoms with Gasteiger partial charge < -0.3 is 26.3 Å². The molecule has 5 N–H and O–H groups in total. The Balaban J connectivity index is 1.54. The van der Waals surface area contributed by atoms with E-state index in [1.54, 1.807) is 30.7 Å². The molecule has 1 aliphatic rings. The van der Waals surface area contributed by atoms with Crippen molar-refractivity contribution < 1.29 is 9.59 Å². The molecule has 0 atom stereocenters. The molecule has 0 radical (unpaired) electrons. The van der Waals surface area contributed by atoms with Crippen LogP contribution in [0.5, 0.6) is 0 Å². The molecule has 0 saturated carbocycles. The number of aromatic amines is 1. The molecule has 4 rings (SSSR count). The average molecular weight is 427 g/mol. The number of aromatic nitrogens is 2. The fourth-order valence-electron chi connectivity index (χ4n) is 3.21. The number of fused-ring (bicyclic) bond motifs is 1. The third kappa shape index (κ3) is 3.98. The van der Waals surface area contributed by atoms with Crippen molar-refractivity contribution in [2.24, 2.45) is 5.73 Å². The van der Waals surface area contributed by atoms with Crippen LogP contribution >= 0.6 is 23.6 Å². The van der Waals surface area contributed by atoms with Crippen molar-refractivity contribution in [3.63, 3.8) is 0 Å². The average Bonchev–Trinajstić information content (AvgIpc) is 3.36. The van der Waals surface area contributed by atoms with Crippen LogP contribution in [0, 0.1) is 0 Å². The van der Waals surface area contributed by atoms with Crippen LogP contribution in [0.1, 0.15) is 31.3 Å². The minimum Gasteiger partial charge on any atom is -0.365 e. The highest BCUT2D eigenvalue weighted by Crippen LogP contribution is 2.37. The van der Waals surface area contributed by atoms with Gasteiger partial charge in [-0.25, -0.2) is 0 Å². The summed E-state index contributed by atoms with van der Waals surface area (Å²) in [6.45, 7) is 1.17. The van der Waals surface area contributed by atoms with E-state index in [1.165, 1.54) is 11.3 Å². The summed E-state index contributed by atoms with van der Waals surface area (Å²) in [5.41, 5.74) is 8.11. The first-order chi connectivity index (χ1) is 14.0. The van der Waals surface area contributed by atoms with E-state index in [0.29, 0.717) is 40.9 Å². The summed E-state index contributed by atoms with van der Waals surface area (Å²) in [7, 11) is 0. The first-order valence-electron chi connectivity index (χ1n) is 8.88. The number of nitrogens with two attached hydrogens (primary N) is 1. The molecule has 3 aromatic heterocycles. The number of primary amides is 1. The molecular formula is C19H18N6O2S2. The maximum absolute atomic E-state index is 12.4. The van der Waals surface area contributed by atoms with Gasteiger partial charge in [0.05, 0.1) is 24.0 Å². The van der Waals surface area contributed by atoms with Gasteiger partial charge in [0.1, 0.15) is 10.7 Å². The number of amides is 2. The Morgan fingerprint density at radius 2 is 2.14 bits per heavy atom. The maximum atomic E-state index is 12.4. The standard InChI is InChI=1S/C19H18N6O2S2/c20-16(26)15-12-5-8-25(19(28)23-11-3-1-6-21-9-11)10-14(12)29-18(15)24-17(27)13-4-2-7-22-13/h1-4,6-7,9,22H,5,8,10H2,(H2,20,26)(H,23,28)(H,24,27). The van der Waals surface area contributed by atoms with Gasteiger partial charge in [-0.1, -0.05) is 0 Å². The number of rotatable bonds is 4. The van der Waals surface area contributed by atoms with Crippen LogP contribution in [0.25, 0.3) is 0 Å². The van der Waals surface area contributed by atoms with Gasteiger partial charge in [-0.3, -0.25) is 14.6 Å². The zero-order valence-corrected chi connectivity index (χ0v) is 16.9. The van der Waals surface area contributed by atoms with E-state index in [0.717, 1.165) is 16.1 Å². The van der Waals surface area contributed by atoms with Gasteiger partial charge in [-0.15, -0.1) is 11.3 Å². The minimum atomic E-state index is -0.547. The van der Waals surface area contributed by atoms with Crippen LogP contribution in [0.4, 0.5) is 10.7 Å². The lowest BCUT2D eigenvalue weighted by Crippen LogP contribution is -2.38. The summed E-state index contributed by atoms with van der Waals surface area (Å²) < 4.78 is 0. The molecule has 0 aliphatic carbocycles. The molecule has 10 heteroatoms. The first-order valence-corrected chi connectivity index (χ1v) is 10.1. The zero-order valence-electron chi connectivity index (χ0n) is 15.3. The first kappa shape index (κ1) is 19.1. The number of nitrogens with zero attached hydrogens (tertiary/aromatic N) is 2. The van der Waals surface area contributed by atoms with Gasteiger partial charge in [0.25, 0.3) is 11.8 Å². The van der Waals surface area contributed by atoms with E-state index in [1.807, 2.05) is 17.0 Å². The Morgan fingerprint density at radius 1 is 1.28 bits per heavy atom. The molecule has 0 saturated heterocycles. The van der Waals surface area contributed by atoms with Crippen molar-refractivity contribution >= 4 is 51.2 Å². The van der Waals surface area contributed by atoms with Gasteiger partial charge in [0, 0.05) is 23.8 Å². The number of H-pyrrole nitrogens is 1. The van der Waals surface area contributed by atoms with E-state index in [-0.39, 0.29) is 5.91 Å². The highest BCUT2D eigenvalue weighted by atomic mass is 32.1. The monoisotopic (exact) mass is 426 g/mol. The van der Waals surface area contributed by atoms with E-state index in [2.05, 4.69) is 20.6 Å². The van der Waals surface area contributed by atoms with Crippen molar-refractivity contribution in [2.45, 2.75) is 13.0 Å². The van der Waals surface area contributed by atoms with Crippen LogP contribution in [0.3, 0.4) is 0 Å². The molecule has 29 heavy (non-hydrogen) atoms. The van der Waals surface area contributed by atoms with Crippen LogP contribution in [-0.4, -0.2) is 38.3 Å². The second-order valence-electron chi connectivity index (χ2n) is 6.45. The van der Waals surface area contributed by atoms with Crippen molar-refractivity contribution in [1.82, 2.24) is 14.9 Å². The molecule has 4 heterocycles. The predicted octanol–water partition coefficient (Wildman–Crippen LogP) is 2.58. The van der Waals surface area contributed by atoms with E-state index < -0.39 is 5.91 Å². The second-order valence-corrected chi connectivity index (χ2v) is 7.95. The molecule has 0 spiro atoms. The van der Waals surface area contributed by atoms with Crippen molar-refractivity contribution in [3.8, 4) is 0 Å². The molecular weight excluding hydrogens is 408 g/mol. The van der Waals surface area contributed by atoms with Crippen LogP contribution in [0.15, 0.2) is 42.9 Å². The maximum Gasteiger partial charge on any atom is 0.272 e. The Kier molecular flexibility index (Phi) is 5.28. The number of nitrogens with one attached hydrogen (secondary N) is 3. The molecule has 1 aliphatic heterocycles. The normalized spacial score (nSPS) is 12.9. The quantitative estimate of drug-likeness (QED) is 0.477. The Morgan fingerprint density at radius 3 is 2.83 bits per heavy atom. The van der Waals surface area contributed by atoms with Crippen molar-refractivity contribution in [3.05, 3.63) is 64.6 Å². The summed E-state index contributed by atoms with van der Waals surface area (Å²) in [6.07, 6.45) is 5.67. The number of pyridine rings is 1. The third-order valence-corrected chi connectivity index (χ3v) is 6.07. The summed E-state index contributed by atoms with van der Waals surface area (Å²) in [4.78, 5) is 34.4. The summed E-state index contributed by atoms with van der Waals surface area (Å²) in [6, 6.07) is 7.12. The second kappa shape index (κ2) is 8.02. The van der Waals surface area contributed by atoms with Gasteiger partial charge in [-0.2, -0.15) is 0 Å². The summed E-state index contributed by atoms with van der Waals surface area (Å²) in [5.74, 6) is -0.865. The Hall–Kier alpha value is -3.24. The molecule has 2 amide bonds. The fourth-order valence-corrected chi connectivity index (χ4v) is 4.74. The minimum absolute atomic E-state index is 0.318. The van der Waals surface area contributed by atoms with Crippen molar-refractivity contribution in [2.75, 3.05) is 17.2 Å². The zero-order chi connectivity index (χ0) is 20.4. The molecule has 3 aromatic rings. The number of thiocarbonyl (C=S) groups is 1. The fraction of sp³-hybridized carbons (Fsp3) is 0.158. The number of hydrogen-bond donors (Lipinski definition) is 4. The van der Waals surface area contributed by atoms with Gasteiger partial charge >= 0.3 is 0 Å². The van der Waals surface area contributed by atoms with Gasteiger partial charge in [0.2, 0.25) is 0 Å². The highest BCUT2D eigenvalue weighted by molar-refractivity contribution is 7.80. The molecule has 0 fully saturated rings. The van der Waals surface area contributed by atoms with Crippen LogP contribution < -0.4 is 16.4 Å². The lowest BCUT2D eigenvalue weighted by molar-refractivity contribution is 0.1000. The topological polar surface area (TPSA) is 116 Å². The van der Waals surface area contributed by atoms with E-state index >= 15 is 0 Å². The predicted molar refractivity (Wildman–Crippen MR) is 116 cm³/mol. The van der Waals surface area contributed by atoms with Gasteiger partial charge in [0.15, 0.2) is 5.11 Å². The largest absolute Gasteiger partial charge is 0.365 e. The summed E-state index contributed by atoms with van der Waals surface area (Å²) in [5, 5.41) is 7.03. The number of hydrogen-bond acceptors (Lipinski definition) is 5. The molecule has 148 valence electrons. The van der Waals surface area contributed by atoms with Gasteiger partial charge in [-0.05, 0) is 48.5 Å². The number of anilines is 2. The highest BCUT2D eigenvalue weighted by Gasteiger charge is 2.28. The number of carbonyl (C=O) groups is 2. The smallest absolute Gasteiger partial charge is 0.272 e. The molecule has 8 nitrogen and oxygen atoms in total. The van der Waals surface area contributed by atoms with Crippen LogP contribution in [-0.2, 0) is 13.0 Å². The number of carbonyl (C=O) groups excluding carboxylic acids is 2. The summed E-state index contributed by atoms with van der Waals surface area (Å²) >= 11 is 6.88. The molecule has 0 aromatic carbocycles. The molecule has 0 unspecified atom stereocenters.